The third kappa shape index (κ3) is 4.83. The number of nitriles is 1. The lowest BCUT2D eigenvalue weighted by atomic mass is 9.77. The molecular weight excluding hydrogens is 472 g/mol. The van der Waals surface area contributed by atoms with E-state index in [0.717, 1.165) is 28.9 Å². The smallest absolute Gasteiger partial charge is 0.306 e. The van der Waals surface area contributed by atoms with Crippen LogP contribution < -0.4 is 10.3 Å². The van der Waals surface area contributed by atoms with Crippen molar-refractivity contribution in [2.45, 2.75) is 52.4 Å². The molecule has 1 aliphatic heterocycles. The van der Waals surface area contributed by atoms with Crippen molar-refractivity contribution in [2.75, 3.05) is 10.3 Å². The highest BCUT2D eigenvalue weighted by Gasteiger charge is 2.38. The van der Waals surface area contributed by atoms with Crippen LogP contribution in [-0.4, -0.2) is 33.7 Å². The lowest BCUT2D eigenvalue weighted by Gasteiger charge is -2.28. The van der Waals surface area contributed by atoms with E-state index in [1.807, 2.05) is 19.9 Å². The molecule has 190 valence electrons. The summed E-state index contributed by atoms with van der Waals surface area (Å²) in [6.45, 7) is 5.26. The van der Waals surface area contributed by atoms with Crippen LogP contribution in [0.1, 0.15) is 55.2 Å². The van der Waals surface area contributed by atoms with Gasteiger partial charge in [-0.2, -0.15) is 10.4 Å². The predicted molar refractivity (Wildman–Crippen MR) is 138 cm³/mol. The van der Waals surface area contributed by atoms with E-state index in [9.17, 15) is 29.9 Å². The molecule has 0 saturated heterocycles. The zero-order valence-electron chi connectivity index (χ0n) is 20.9. The minimum Gasteiger partial charge on any atom is -0.505 e. The number of hydrazone groups is 1. The zero-order chi connectivity index (χ0) is 26.9. The van der Waals surface area contributed by atoms with Crippen LogP contribution in [0.25, 0.3) is 0 Å². The number of carboxylic acid groups (broad SMARTS) is 1. The molecule has 1 heterocycles. The van der Waals surface area contributed by atoms with Gasteiger partial charge in [0.25, 0.3) is 11.8 Å². The average Bonchev–Trinajstić information content (AvgIpc) is 2.87. The predicted octanol–water partition coefficient (Wildman–Crippen LogP) is 4.55. The number of nitrogens with one attached hydrogen (secondary N) is 1. The van der Waals surface area contributed by atoms with Crippen molar-refractivity contribution >= 4 is 34.9 Å². The van der Waals surface area contributed by atoms with Crippen LogP contribution in [0.2, 0.25) is 0 Å². The minimum absolute atomic E-state index is 0.0737. The Bertz CT molecular complexity index is 1400. The Morgan fingerprint density at radius 3 is 2.54 bits per heavy atom. The number of carbonyl (C=O) groups excluding carboxylic acids is 2. The molecule has 4 rings (SSSR count). The molecule has 1 saturated carbocycles. The SMILES string of the molecule is CC1=C(C#N)C(=O)N(c2ccc(C)c(C)c2)C(=O)/C1=N/Nc1cccc(C2CCCC(C(=O)O)C2)c1O. The lowest BCUT2D eigenvalue weighted by Crippen LogP contribution is -2.47. The van der Waals surface area contributed by atoms with Crippen LogP contribution >= 0.6 is 0 Å². The number of carboxylic acids is 1. The number of phenolic OH excluding ortho intramolecular Hbond substituents is 1. The Hall–Kier alpha value is -4.45. The van der Waals surface area contributed by atoms with Gasteiger partial charge in [-0.15, -0.1) is 0 Å². The lowest BCUT2D eigenvalue weighted by molar-refractivity contribution is -0.143. The summed E-state index contributed by atoms with van der Waals surface area (Å²) in [5, 5.41) is 34.2. The van der Waals surface area contributed by atoms with Crippen LogP contribution in [0.15, 0.2) is 52.6 Å². The molecule has 2 atom stereocenters. The number of benzene rings is 2. The zero-order valence-corrected chi connectivity index (χ0v) is 20.9. The number of hydrogen-bond acceptors (Lipinski definition) is 7. The number of carbonyl (C=O) groups is 3. The maximum absolute atomic E-state index is 13.4. The number of aliphatic carboxylic acids is 1. The van der Waals surface area contributed by atoms with Crippen molar-refractivity contribution in [1.29, 1.82) is 5.26 Å². The van der Waals surface area contributed by atoms with Crippen LogP contribution in [-0.2, 0) is 14.4 Å². The molecule has 0 radical (unpaired) electrons. The van der Waals surface area contributed by atoms with Gasteiger partial charge in [-0.05, 0) is 80.8 Å². The number of anilines is 2. The average molecular weight is 501 g/mol. The highest BCUT2D eigenvalue weighted by molar-refractivity contribution is 6.57. The van der Waals surface area contributed by atoms with E-state index in [1.54, 1.807) is 36.4 Å². The third-order valence-corrected chi connectivity index (χ3v) is 7.23. The molecule has 2 unspecified atom stereocenters. The number of para-hydroxylation sites is 1. The number of phenols is 1. The molecule has 0 aromatic heterocycles. The number of amides is 2. The molecule has 2 aromatic carbocycles. The van der Waals surface area contributed by atoms with Crippen LogP contribution in [0.5, 0.6) is 5.75 Å². The normalized spacial score (nSPS) is 21.2. The van der Waals surface area contributed by atoms with Crippen LogP contribution in [0, 0.1) is 31.1 Å². The summed E-state index contributed by atoms with van der Waals surface area (Å²) in [6.07, 6.45) is 2.55. The first-order valence-corrected chi connectivity index (χ1v) is 12.1. The molecule has 37 heavy (non-hydrogen) atoms. The summed E-state index contributed by atoms with van der Waals surface area (Å²) < 4.78 is 0. The topological polar surface area (TPSA) is 143 Å². The van der Waals surface area contributed by atoms with Crippen LogP contribution in [0.3, 0.4) is 0 Å². The monoisotopic (exact) mass is 500 g/mol. The fourth-order valence-corrected chi connectivity index (χ4v) is 4.91. The van der Waals surface area contributed by atoms with Crippen LogP contribution in [0.4, 0.5) is 11.4 Å². The van der Waals surface area contributed by atoms with Crippen molar-refractivity contribution in [2.24, 2.45) is 11.0 Å². The molecule has 1 aliphatic carbocycles. The standard InChI is InChI=1S/C28H28N4O5/c1-15-10-11-20(12-16(15)2)32-26(34)22(14-29)17(3)24(27(32)35)31-30-23-9-5-8-21(25(23)33)18-6-4-7-19(13-18)28(36)37/h5,8-12,18-19,30,33H,4,6-7,13H2,1-3H3,(H,36,37)/b31-24+. The summed E-state index contributed by atoms with van der Waals surface area (Å²) in [4.78, 5) is 38.8. The maximum Gasteiger partial charge on any atom is 0.306 e. The maximum atomic E-state index is 13.4. The second-order valence-electron chi connectivity index (χ2n) is 9.54. The minimum atomic E-state index is -0.834. The molecule has 1 fully saturated rings. The number of hydrogen-bond donors (Lipinski definition) is 3. The molecule has 9 heteroatoms. The molecular formula is C28H28N4O5. The van der Waals surface area contributed by atoms with Gasteiger partial charge in [-0.3, -0.25) is 19.8 Å². The number of rotatable bonds is 5. The largest absolute Gasteiger partial charge is 0.505 e. The first kappa shape index (κ1) is 25.6. The van der Waals surface area contributed by atoms with Gasteiger partial charge in [0.2, 0.25) is 0 Å². The second kappa shape index (κ2) is 10.3. The first-order valence-electron chi connectivity index (χ1n) is 12.1. The fourth-order valence-electron chi connectivity index (χ4n) is 4.91. The summed E-state index contributed by atoms with van der Waals surface area (Å²) in [7, 11) is 0. The Morgan fingerprint density at radius 2 is 1.86 bits per heavy atom. The van der Waals surface area contributed by atoms with Gasteiger partial charge in [0, 0.05) is 5.57 Å². The number of nitrogens with zero attached hydrogens (tertiary/aromatic N) is 3. The summed E-state index contributed by atoms with van der Waals surface area (Å²) in [5.74, 6) is -2.90. The summed E-state index contributed by atoms with van der Waals surface area (Å²) in [5.41, 5.74) is 5.60. The Kier molecular flexibility index (Phi) is 7.11. The molecule has 3 N–H and O–H groups in total. The number of aryl methyl sites for hydroxylation is 2. The van der Waals surface area contributed by atoms with Crippen molar-refractivity contribution in [3.63, 3.8) is 0 Å². The Labute approximate surface area is 214 Å². The quantitative estimate of drug-likeness (QED) is 0.310. The molecule has 0 spiro atoms. The van der Waals surface area contributed by atoms with Gasteiger partial charge in [0.15, 0.2) is 5.71 Å². The van der Waals surface area contributed by atoms with Gasteiger partial charge >= 0.3 is 5.97 Å². The first-order chi connectivity index (χ1) is 17.6. The third-order valence-electron chi connectivity index (χ3n) is 7.23. The van der Waals surface area contributed by atoms with Crippen molar-refractivity contribution in [3.8, 4) is 11.8 Å². The van der Waals surface area contributed by atoms with E-state index < -0.39 is 23.7 Å². The Balaban J connectivity index is 1.68. The van der Waals surface area contributed by atoms with Gasteiger partial charge in [-0.1, -0.05) is 24.6 Å². The number of imide groups is 1. The Morgan fingerprint density at radius 1 is 1.11 bits per heavy atom. The van der Waals surface area contributed by atoms with Crippen molar-refractivity contribution < 1.29 is 24.6 Å². The van der Waals surface area contributed by atoms with Crippen molar-refractivity contribution in [3.05, 3.63) is 64.2 Å². The van der Waals surface area contributed by atoms with Gasteiger partial charge < -0.3 is 10.2 Å². The molecule has 2 amide bonds. The number of aromatic hydroxyl groups is 1. The van der Waals surface area contributed by atoms with Gasteiger partial charge in [-0.25, -0.2) is 4.90 Å². The summed E-state index contributed by atoms with van der Waals surface area (Å²) in [6, 6.07) is 12.1. The fraction of sp³-hybridized carbons (Fsp3) is 0.321. The molecule has 2 aromatic rings. The van der Waals surface area contributed by atoms with E-state index in [0.29, 0.717) is 24.1 Å². The summed E-state index contributed by atoms with van der Waals surface area (Å²) >= 11 is 0. The van der Waals surface area contributed by atoms with E-state index in [-0.39, 0.29) is 34.2 Å². The second-order valence-corrected chi connectivity index (χ2v) is 9.54. The van der Waals surface area contributed by atoms with E-state index in [1.165, 1.54) is 6.92 Å². The van der Waals surface area contributed by atoms with Gasteiger partial charge in [0.05, 0.1) is 17.3 Å². The molecule has 2 aliphatic rings. The highest BCUT2D eigenvalue weighted by atomic mass is 16.4. The van der Waals surface area contributed by atoms with E-state index >= 15 is 0 Å². The molecule has 9 nitrogen and oxygen atoms in total. The van der Waals surface area contributed by atoms with E-state index in [2.05, 4.69) is 10.5 Å². The van der Waals surface area contributed by atoms with E-state index in [4.69, 9.17) is 0 Å². The van der Waals surface area contributed by atoms with Gasteiger partial charge in [0.1, 0.15) is 17.4 Å². The van der Waals surface area contributed by atoms with Crippen molar-refractivity contribution in [1.82, 2.24) is 0 Å². The highest BCUT2D eigenvalue weighted by Crippen LogP contribution is 2.42. The molecule has 0 bridgehead atoms.